The summed E-state index contributed by atoms with van der Waals surface area (Å²) in [5.74, 6) is -0.747. The first-order valence-corrected chi connectivity index (χ1v) is 6.29. The van der Waals surface area contributed by atoms with Gasteiger partial charge >= 0.3 is 12.4 Å². The van der Waals surface area contributed by atoms with Gasteiger partial charge in [-0.15, -0.1) is 0 Å². The Morgan fingerprint density at radius 1 is 1.16 bits per heavy atom. The van der Waals surface area contributed by atoms with E-state index in [1.165, 1.54) is 0 Å². The van der Waals surface area contributed by atoms with E-state index in [-0.39, 0.29) is 6.21 Å². The van der Waals surface area contributed by atoms with Gasteiger partial charge in [-0.3, -0.25) is 10.4 Å². The second-order valence-corrected chi connectivity index (χ2v) is 4.53. The van der Waals surface area contributed by atoms with Crippen LogP contribution in [0.25, 0.3) is 0 Å². The van der Waals surface area contributed by atoms with Crippen LogP contribution in [0.4, 0.5) is 32.0 Å². The Bertz CT molecular complexity index is 731. The smallest absolute Gasteiger partial charge is 0.398 e. The summed E-state index contributed by atoms with van der Waals surface area (Å²) in [5.41, 5.74) is 5.20. The summed E-state index contributed by atoms with van der Waals surface area (Å²) in [7, 11) is 0. The fraction of sp³-hybridized carbons (Fsp3) is 0.154. The van der Waals surface area contributed by atoms with E-state index in [4.69, 9.17) is 22.3 Å². The molecule has 0 aromatic carbocycles. The van der Waals surface area contributed by atoms with Gasteiger partial charge in [-0.25, -0.2) is 0 Å². The van der Waals surface area contributed by atoms with Crippen molar-refractivity contribution in [1.82, 2.24) is 4.98 Å². The van der Waals surface area contributed by atoms with E-state index in [0.29, 0.717) is 12.3 Å². The Kier molecular flexibility index (Phi) is 5.79. The van der Waals surface area contributed by atoms with E-state index < -0.39 is 46.4 Å². The normalized spacial score (nSPS) is 13.9. The molecular formula is C13H12F6N6. The number of hydrogen-bond acceptors (Lipinski definition) is 5. The highest BCUT2D eigenvalue weighted by molar-refractivity contribution is 6.03. The molecule has 1 rings (SSSR count). The monoisotopic (exact) mass is 366 g/mol. The first-order chi connectivity index (χ1) is 11.4. The number of halogens is 6. The van der Waals surface area contributed by atoms with Crippen LogP contribution in [0.3, 0.4) is 0 Å². The van der Waals surface area contributed by atoms with Crippen LogP contribution < -0.4 is 16.8 Å². The predicted molar refractivity (Wildman–Crippen MR) is 78.9 cm³/mol. The molecular weight excluding hydrogens is 354 g/mol. The number of rotatable bonds is 4. The number of alkyl halides is 6. The van der Waals surface area contributed by atoms with Crippen LogP contribution in [0, 0.1) is 10.8 Å². The molecule has 0 radical (unpaired) electrons. The van der Waals surface area contributed by atoms with Gasteiger partial charge < -0.3 is 22.2 Å². The lowest BCUT2D eigenvalue weighted by atomic mass is 10.1. The average Bonchev–Trinajstić information content (AvgIpc) is 2.46. The fourth-order valence-corrected chi connectivity index (χ4v) is 1.61. The Balaban J connectivity index is 3.15. The minimum atomic E-state index is -4.96. The molecule has 0 aliphatic heterocycles. The molecule has 0 aliphatic carbocycles. The number of allylic oxidation sites excluding steroid dienone is 2. The molecule has 25 heavy (non-hydrogen) atoms. The molecule has 1 aromatic rings. The third-order valence-electron chi connectivity index (χ3n) is 2.75. The largest absolute Gasteiger partial charge is 0.431 e. The molecule has 0 bridgehead atoms. The van der Waals surface area contributed by atoms with Gasteiger partial charge in [0.25, 0.3) is 0 Å². The zero-order valence-electron chi connectivity index (χ0n) is 12.3. The van der Waals surface area contributed by atoms with Crippen molar-refractivity contribution in [3.63, 3.8) is 0 Å². The number of amidine groups is 1. The molecule has 6 nitrogen and oxygen atoms in total. The van der Waals surface area contributed by atoms with Crippen LogP contribution >= 0.6 is 0 Å². The molecule has 0 atom stereocenters. The van der Waals surface area contributed by atoms with Gasteiger partial charge in [0.2, 0.25) is 0 Å². The Labute approximate surface area is 137 Å². The topological polar surface area (TPSA) is 125 Å². The minimum absolute atomic E-state index is 0.232. The van der Waals surface area contributed by atoms with Crippen LogP contribution in [0.2, 0.25) is 0 Å². The maximum atomic E-state index is 12.8. The quantitative estimate of drug-likeness (QED) is 0.243. The van der Waals surface area contributed by atoms with E-state index in [2.05, 4.69) is 10.3 Å². The van der Waals surface area contributed by atoms with Crippen LogP contribution in [-0.4, -0.2) is 23.2 Å². The van der Waals surface area contributed by atoms with Gasteiger partial charge in [-0.1, -0.05) is 0 Å². The lowest BCUT2D eigenvalue weighted by Crippen LogP contribution is -2.25. The third-order valence-corrected chi connectivity index (χ3v) is 2.75. The summed E-state index contributed by atoms with van der Waals surface area (Å²) in [6.07, 6.45) is -7.33. The minimum Gasteiger partial charge on any atom is -0.398 e. The zero-order valence-corrected chi connectivity index (χ0v) is 12.3. The number of pyridine rings is 1. The number of aromatic nitrogens is 1. The molecule has 0 saturated heterocycles. The molecule has 12 heteroatoms. The van der Waals surface area contributed by atoms with E-state index in [0.717, 1.165) is 12.3 Å². The van der Waals surface area contributed by atoms with E-state index in [1.807, 2.05) is 0 Å². The number of anilines is 1. The third kappa shape index (κ3) is 5.22. The van der Waals surface area contributed by atoms with Gasteiger partial charge in [0.1, 0.15) is 11.5 Å². The van der Waals surface area contributed by atoms with Crippen LogP contribution in [0.15, 0.2) is 41.5 Å². The SMILES string of the molecule is N=CC(/C(N)=C/C(=N)Nc1ccncc1C(F)(F)F)=C(\N)C(F)(F)F. The summed E-state index contributed by atoms with van der Waals surface area (Å²) >= 11 is 0. The summed E-state index contributed by atoms with van der Waals surface area (Å²) < 4.78 is 76.1. The average molecular weight is 366 g/mol. The van der Waals surface area contributed by atoms with Crippen LogP contribution in [-0.2, 0) is 6.18 Å². The van der Waals surface area contributed by atoms with E-state index in [9.17, 15) is 26.3 Å². The van der Waals surface area contributed by atoms with Crippen LogP contribution in [0.5, 0.6) is 0 Å². The van der Waals surface area contributed by atoms with Gasteiger partial charge in [-0.2, -0.15) is 26.3 Å². The van der Waals surface area contributed by atoms with Gasteiger partial charge in [0.05, 0.1) is 11.3 Å². The molecule has 0 amide bonds. The van der Waals surface area contributed by atoms with E-state index in [1.54, 1.807) is 0 Å². The van der Waals surface area contributed by atoms with Crippen molar-refractivity contribution in [3.8, 4) is 0 Å². The standard InChI is InChI=1S/C13H12F6N6/c14-12(15,16)7-5-24-2-1-9(7)25-10(22)3-8(21)6(4-20)11(23)13(17,18)19/h1-5,20H,21,23H2,(H2,22,24,25)/b8-3-,11-6+,20-4?. The molecule has 7 N–H and O–H groups in total. The number of nitrogens with one attached hydrogen (secondary N) is 3. The number of hydrogen-bond donors (Lipinski definition) is 5. The van der Waals surface area contributed by atoms with Crippen molar-refractivity contribution < 1.29 is 26.3 Å². The Hall–Kier alpha value is -3.05. The summed E-state index contributed by atoms with van der Waals surface area (Å²) in [5, 5.41) is 16.6. The van der Waals surface area contributed by atoms with Gasteiger partial charge in [-0.05, 0) is 6.07 Å². The van der Waals surface area contributed by atoms with Gasteiger partial charge in [0.15, 0.2) is 0 Å². The summed E-state index contributed by atoms with van der Waals surface area (Å²) in [6, 6.07) is 0.929. The van der Waals surface area contributed by atoms with Gasteiger partial charge in [0, 0.05) is 36.0 Å². The predicted octanol–water partition coefficient (Wildman–Crippen LogP) is 2.76. The highest BCUT2D eigenvalue weighted by Gasteiger charge is 2.35. The first kappa shape index (κ1) is 20.0. The van der Waals surface area contributed by atoms with Crippen molar-refractivity contribution in [2.45, 2.75) is 12.4 Å². The first-order valence-electron chi connectivity index (χ1n) is 6.29. The lowest BCUT2D eigenvalue weighted by Gasteiger charge is -2.14. The highest BCUT2D eigenvalue weighted by atomic mass is 19.4. The molecule has 136 valence electrons. The van der Waals surface area contributed by atoms with Crippen molar-refractivity contribution in [2.75, 3.05) is 5.32 Å². The molecule has 0 fully saturated rings. The zero-order chi connectivity index (χ0) is 19.4. The molecule has 1 heterocycles. The Morgan fingerprint density at radius 3 is 2.24 bits per heavy atom. The van der Waals surface area contributed by atoms with Crippen molar-refractivity contribution in [2.24, 2.45) is 11.5 Å². The molecule has 0 unspecified atom stereocenters. The van der Waals surface area contributed by atoms with Crippen molar-refractivity contribution in [1.29, 1.82) is 10.8 Å². The van der Waals surface area contributed by atoms with E-state index >= 15 is 0 Å². The number of nitrogens with two attached hydrogens (primary N) is 2. The molecule has 0 saturated carbocycles. The van der Waals surface area contributed by atoms with Crippen molar-refractivity contribution >= 4 is 17.7 Å². The lowest BCUT2D eigenvalue weighted by molar-refractivity contribution is -0.137. The second-order valence-electron chi connectivity index (χ2n) is 4.53. The van der Waals surface area contributed by atoms with Crippen LogP contribution in [0.1, 0.15) is 5.56 Å². The summed E-state index contributed by atoms with van der Waals surface area (Å²) in [6.45, 7) is 0. The maximum Gasteiger partial charge on any atom is 0.431 e. The maximum absolute atomic E-state index is 12.8. The van der Waals surface area contributed by atoms with Crippen molar-refractivity contribution in [3.05, 3.63) is 47.1 Å². The number of nitrogens with zero attached hydrogens (tertiary/aromatic N) is 1. The second kappa shape index (κ2) is 7.23. The molecule has 1 aromatic heterocycles. The fourth-order valence-electron chi connectivity index (χ4n) is 1.61. The molecule has 0 spiro atoms. The summed E-state index contributed by atoms with van der Waals surface area (Å²) in [4.78, 5) is 3.32. The highest BCUT2D eigenvalue weighted by Crippen LogP contribution is 2.34. The molecule has 0 aliphatic rings. The Morgan fingerprint density at radius 2 is 1.76 bits per heavy atom.